The fourth-order valence-corrected chi connectivity index (χ4v) is 2.45. The molecule has 6 nitrogen and oxygen atoms in total. The molecule has 3 rings (SSSR count). The highest BCUT2D eigenvalue weighted by atomic mass is 35.5. The van der Waals surface area contributed by atoms with E-state index in [0.717, 1.165) is 12.8 Å². The summed E-state index contributed by atoms with van der Waals surface area (Å²) >= 11 is 5.69. The predicted molar refractivity (Wildman–Crippen MR) is 65.8 cm³/mol. The molecule has 0 N–H and O–H groups in total. The average Bonchev–Trinajstić information content (AvgIpc) is 3.07. The zero-order valence-corrected chi connectivity index (χ0v) is 11.1. The molecule has 0 radical (unpaired) electrons. The van der Waals surface area contributed by atoms with Crippen molar-refractivity contribution in [1.29, 1.82) is 0 Å². The second-order valence-electron chi connectivity index (χ2n) is 4.43. The number of rotatable bonds is 2. The van der Waals surface area contributed by atoms with E-state index in [-0.39, 0.29) is 22.9 Å². The lowest BCUT2D eigenvalue weighted by atomic mass is 10.2. The van der Waals surface area contributed by atoms with E-state index in [2.05, 4.69) is 10.1 Å². The van der Waals surface area contributed by atoms with E-state index < -0.39 is 0 Å². The Bertz CT molecular complexity index is 607. The van der Waals surface area contributed by atoms with Crippen LogP contribution in [0.5, 0.6) is 0 Å². The minimum absolute atomic E-state index is 0.158. The van der Waals surface area contributed by atoms with Gasteiger partial charge in [0, 0.05) is 13.5 Å². The maximum absolute atomic E-state index is 12.3. The minimum atomic E-state index is -0.197. The van der Waals surface area contributed by atoms with Gasteiger partial charge >= 0.3 is 0 Å². The van der Waals surface area contributed by atoms with Gasteiger partial charge in [-0.1, -0.05) is 5.16 Å². The first-order valence-corrected chi connectivity index (χ1v) is 6.39. The molecule has 0 saturated carbocycles. The highest BCUT2D eigenvalue weighted by molar-refractivity contribution is 6.29. The fraction of sp³-hybridized carbons (Fsp3) is 0.417. The van der Waals surface area contributed by atoms with Crippen molar-refractivity contribution in [3.05, 3.63) is 34.8 Å². The van der Waals surface area contributed by atoms with Crippen LogP contribution in [0, 0.1) is 6.92 Å². The number of furan rings is 1. The maximum Gasteiger partial charge on any atom is 0.290 e. The fourth-order valence-electron chi connectivity index (χ4n) is 2.30. The zero-order valence-electron chi connectivity index (χ0n) is 10.3. The SMILES string of the molecule is Cc1nc(C2CCCN2C(=O)c2ccc(Cl)o2)no1. The van der Waals surface area contributed by atoms with Gasteiger partial charge in [-0.25, -0.2) is 0 Å². The van der Waals surface area contributed by atoms with E-state index >= 15 is 0 Å². The highest BCUT2D eigenvalue weighted by Gasteiger charge is 2.34. The van der Waals surface area contributed by atoms with Crippen molar-refractivity contribution in [3.63, 3.8) is 0 Å². The Balaban J connectivity index is 1.85. The van der Waals surface area contributed by atoms with E-state index in [4.69, 9.17) is 20.5 Å². The van der Waals surface area contributed by atoms with Crippen LogP contribution in [0.1, 0.15) is 41.2 Å². The van der Waals surface area contributed by atoms with Crippen molar-refractivity contribution < 1.29 is 13.7 Å². The van der Waals surface area contributed by atoms with Crippen LogP contribution in [-0.2, 0) is 0 Å². The molecule has 1 fully saturated rings. The molecule has 2 aromatic heterocycles. The van der Waals surface area contributed by atoms with E-state index in [1.807, 2.05) is 0 Å². The highest BCUT2D eigenvalue weighted by Crippen LogP contribution is 2.32. The number of hydrogen-bond acceptors (Lipinski definition) is 5. The van der Waals surface area contributed by atoms with Crippen LogP contribution in [0.2, 0.25) is 5.22 Å². The molecule has 1 aliphatic heterocycles. The number of likely N-dealkylation sites (tertiary alicyclic amines) is 1. The lowest BCUT2D eigenvalue weighted by Crippen LogP contribution is -2.30. The average molecular weight is 282 g/mol. The quantitative estimate of drug-likeness (QED) is 0.846. The summed E-state index contributed by atoms with van der Waals surface area (Å²) in [5, 5.41) is 4.10. The molecule has 0 bridgehead atoms. The van der Waals surface area contributed by atoms with Gasteiger partial charge in [0.15, 0.2) is 16.8 Å². The summed E-state index contributed by atoms with van der Waals surface area (Å²) < 4.78 is 10.1. The first-order valence-electron chi connectivity index (χ1n) is 6.01. The van der Waals surface area contributed by atoms with Crippen LogP contribution in [0.4, 0.5) is 0 Å². The molecule has 0 aromatic carbocycles. The van der Waals surface area contributed by atoms with Gasteiger partial charge in [0.1, 0.15) is 0 Å². The van der Waals surface area contributed by atoms with Crippen LogP contribution in [0.15, 0.2) is 21.1 Å². The molecule has 1 atom stereocenters. The Labute approximate surface area is 114 Å². The number of hydrogen-bond donors (Lipinski definition) is 0. The van der Waals surface area contributed by atoms with Gasteiger partial charge in [-0.05, 0) is 36.6 Å². The zero-order chi connectivity index (χ0) is 13.4. The molecule has 3 heterocycles. The normalized spacial score (nSPS) is 19.1. The lowest BCUT2D eigenvalue weighted by Gasteiger charge is -2.20. The first-order chi connectivity index (χ1) is 9.15. The van der Waals surface area contributed by atoms with Gasteiger partial charge < -0.3 is 13.8 Å². The van der Waals surface area contributed by atoms with Gasteiger partial charge in [0.05, 0.1) is 6.04 Å². The van der Waals surface area contributed by atoms with Crippen LogP contribution in [0.25, 0.3) is 0 Å². The van der Waals surface area contributed by atoms with Crippen molar-refractivity contribution in [2.24, 2.45) is 0 Å². The molecular formula is C12H12ClN3O3. The van der Waals surface area contributed by atoms with Crippen LogP contribution in [-0.4, -0.2) is 27.5 Å². The molecule has 100 valence electrons. The number of halogens is 1. The molecular weight excluding hydrogens is 270 g/mol. The second kappa shape index (κ2) is 4.70. The molecule has 1 amide bonds. The van der Waals surface area contributed by atoms with Crippen LogP contribution >= 0.6 is 11.6 Å². The van der Waals surface area contributed by atoms with Crippen molar-refractivity contribution >= 4 is 17.5 Å². The molecule has 0 aliphatic carbocycles. The van der Waals surface area contributed by atoms with Crippen molar-refractivity contribution in [1.82, 2.24) is 15.0 Å². The van der Waals surface area contributed by atoms with E-state index in [9.17, 15) is 4.79 Å². The van der Waals surface area contributed by atoms with E-state index in [1.165, 1.54) is 0 Å². The third kappa shape index (κ3) is 2.23. The molecule has 1 saturated heterocycles. The van der Waals surface area contributed by atoms with E-state index in [1.54, 1.807) is 24.0 Å². The third-order valence-corrected chi connectivity index (χ3v) is 3.34. The second-order valence-corrected chi connectivity index (χ2v) is 4.80. The Morgan fingerprint density at radius 1 is 1.53 bits per heavy atom. The lowest BCUT2D eigenvalue weighted by molar-refractivity contribution is 0.0696. The van der Waals surface area contributed by atoms with Crippen molar-refractivity contribution in [3.8, 4) is 0 Å². The summed E-state index contributed by atoms with van der Waals surface area (Å²) in [5.41, 5.74) is 0. The number of aromatic nitrogens is 2. The number of aryl methyl sites for hydroxylation is 1. The predicted octanol–water partition coefficient (Wildman–Crippen LogP) is 2.60. The van der Waals surface area contributed by atoms with Gasteiger partial charge in [0.25, 0.3) is 5.91 Å². The maximum atomic E-state index is 12.3. The molecule has 0 spiro atoms. The Hall–Kier alpha value is -1.82. The minimum Gasteiger partial charge on any atom is -0.440 e. The first kappa shape index (κ1) is 12.2. The summed E-state index contributed by atoms with van der Waals surface area (Å²) in [6, 6.07) is 2.97. The summed E-state index contributed by atoms with van der Waals surface area (Å²) in [4.78, 5) is 18.2. The van der Waals surface area contributed by atoms with Gasteiger partial charge in [-0.15, -0.1) is 0 Å². The smallest absolute Gasteiger partial charge is 0.290 e. The van der Waals surface area contributed by atoms with Crippen molar-refractivity contribution in [2.45, 2.75) is 25.8 Å². The van der Waals surface area contributed by atoms with Gasteiger partial charge in [0.2, 0.25) is 5.89 Å². The summed E-state index contributed by atoms with van der Waals surface area (Å²) in [5.74, 6) is 1.07. The standard InChI is InChI=1S/C12H12ClN3O3/c1-7-14-11(15-19-7)8-3-2-6-16(8)12(17)9-4-5-10(13)18-9/h4-5,8H,2-3,6H2,1H3. The molecule has 19 heavy (non-hydrogen) atoms. The third-order valence-electron chi connectivity index (χ3n) is 3.14. The Morgan fingerprint density at radius 2 is 2.37 bits per heavy atom. The topological polar surface area (TPSA) is 72.4 Å². The monoisotopic (exact) mass is 281 g/mol. The number of carbonyl (C=O) groups excluding carboxylic acids is 1. The summed E-state index contributed by atoms with van der Waals surface area (Å²) in [7, 11) is 0. The van der Waals surface area contributed by atoms with Gasteiger partial charge in [-0.3, -0.25) is 4.79 Å². The molecule has 2 aromatic rings. The molecule has 1 aliphatic rings. The summed E-state index contributed by atoms with van der Waals surface area (Å²) in [6.07, 6.45) is 1.72. The Morgan fingerprint density at radius 3 is 3.00 bits per heavy atom. The van der Waals surface area contributed by atoms with E-state index in [0.29, 0.717) is 18.3 Å². The number of amides is 1. The summed E-state index contributed by atoms with van der Waals surface area (Å²) in [6.45, 7) is 2.37. The molecule has 7 heteroatoms. The number of nitrogens with zero attached hydrogens (tertiary/aromatic N) is 3. The van der Waals surface area contributed by atoms with Crippen LogP contribution < -0.4 is 0 Å². The largest absolute Gasteiger partial charge is 0.440 e. The van der Waals surface area contributed by atoms with Crippen LogP contribution in [0.3, 0.4) is 0 Å². The Kier molecular flexibility index (Phi) is 3.02. The van der Waals surface area contributed by atoms with Gasteiger partial charge in [-0.2, -0.15) is 4.98 Å². The van der Waals surface area contributed by atoms with Crippen molar-refractivity contribution in [2.75, 3.05) is 6.54 Å². The number of carbonyl (C=O) groups is 1. The molecule has 1 unspecified atom stereocenters.